The number of rotatable bonds is 4. The summed E-state index contributed by atoms with van der Waals surface area (Å²) in [5, 5.41) is 16.4. The van der Waals surface area contributed by atoms with E-state index in [4.69, 9.17) is 9.52 Å². The Morgan fingerprint density at radius 3 is 2.62 bits per heavy atom. The molecule has 0 spiro atoms. The highest BCUT2D eigenvalue weighted by atomic mass is 16.4. The predicted molar refractivity (Wildman–Crippen MR) is 106 cm³/mol. The van der Waals surface area contributed by atoms with Crippen LogP contribution < -0.4 is 10.6 Å². The number of carbonyl (C=O) groups is 2. The van der Waals surface area contributed by atoms with Gasteiger partial charge in [0.1, 0.15) is 17.7 Å². The number of oxazole rings is 1. The van der Waals surface area contributed by atoms with Crippen LogP contribution in [0.25, 0.3) is 27.9 Å². The van der Waals surface area contributed by atoms with Gasteiger partial charge in [-0.15, -0.1) is 0 Å². The second kappa shape index (κ2) is 6.66. The predicted octanol–water partition coefficient (Wildman–Crippen LogP) is 3.28. The summed E-state index contributed by atoms with van der Waals surface area (Å²) in [4.78, 5) is 28.3. The Hall–Kier alpha value is -3.81. The summed E-state index contributed by atoms with van der Waals surface area (Å²) in [5.41, 5.74) is 1.78. The van der Waals surface area contributed by atoms with E-state index in [0.717, 1.165) is 16.3 Å². The number of nitrogens with one attached hydrogen (secondary N) is 2. The molecule has 146 valence electrons. The van der Waals surface area contributed by atoms with E-state index in [9.17, 15) is 9.59 Å². The van der Waals surface area contributed by atoms with Crippen molar-refractivity contribution in [1.29, 1.82) is 0 Å². The lowest BCUT2D eigenvalue weighted by Gasteiger charge is -2.35. The van der Waals surface area contributed by atoms with Crippen molar-refractivity contribution < 1.29 is 19.1 Å². The van der Waals surface area contributed by atoms with Gasteiger partial charge < -0.3 is 20.2 Å². The maximum absolute atomic E-state index is 13.1. The molecule has 1 fully saturated rings. The third-order valence-corrected chi connectivity index (χ3v) is 5.30. The van der Waals surface area contributed by atoms with Crippen molar-refractivity contribution in [2.24, 2.45) is 0 Å². The molecule has 3 N–H and O–H groups in total. The third-order valence-electron chi connectivity index (χ3n) is 5.30. The van der Waals surface area contributed by atoms with Crippen molar-refractivity contribution >= 4 is 28.6 Å². The van der Waals surface area contributed by atoms with Crippen molar-refractivity contribution in [2.75, 3.05) is 0 Å². The molecule has 2 amide bonds. The van der Waals surface area contributed by atoms with Gasteiger partial charge in [-0.25, -0.2) is 4.79 Å². The van der Waals surface area contributed by atoms with Gasteiger partial charge in [0.2, 0.25) is 0 Å². The minimum absolute atomic E-state index is 0.0822. The number of carboxylic acid groups (broad SMARTS) is 1. The molecule has 0 unspecified atom stereocenters. The molecule has 5 rings (SSSR count). The fraction of sp³-hybridized carbons (Fsp3) is 0.190. The molecule has 2 heterocycles. The van der Waals surface area contributed by atoms with E-state index < -0.39 is 6.09 Å². The van der Waals surface area contributed by atoms with Gasteiger partial charge in [0.25, 0.3) is 5.91 Å². The number of fused-ring (bicyclic) bond motifs is 2. The van der Waals surface area contributed by atoms with Crippen molar-refractivity contribution in [3.63, 3.8) is 0 Å². The van der Waals surface area contributed by atoms with Crippen LogP contribution in [0.15, 0.2) is 59.3 Å². The van der Waals surface area contributed by atoms with Crippen molar-refractivity contribution in [3.05, 3.63) is 60.6 Å². The normalized spacial score (nSPS) is 18.5. The first-order valence-electron chi connectivity index (χ1n) is 9.33. The molecule has 8 nitrogen and oxygen atoms in total. The van der Waals surface area contributed by atoms with Gasteiger partial charge in [-0.05, 0) is 29.7 Å². The number of aromatic nitrogens is 2. The van der Waals surface area contributed by atoms with E-state index >= 15 is 0 Å². The summed E-state index contributed by atoms with van der Waals surface area (Å²) in [6.07, 6.45) is 3.23. The van der Waals surface area contributed by atoms with Crippen LogP contribution in [0.3, 0.4) is 0 Å². The quantitative estimate of drug-likeness (QED) is 0.495. The molecule has 0 radical (unpaired) electrons. The molecule has 0 atom stereocenters. The number of amides is 2. The largest absolute Gasteiger partial charge is 0.465 e. The van der Waals surface area contributed by atoms with Crippen LogP contribution in [0.2, 0.25) is 0 Å². The van der Waals surface area contributed by atoms with Crippen LogP contribution in [0, 0.1) is 0 Å². The average molecular weight is 390 g/mol. The van der Waals surface area contributed by atoms with Crippen molar-refractivity contribution in [3.8, 4) is 11.3 Å². The summed E-state index contributed by atoms with van der Waals surface area (Å²) in [7, 11) is 0. The Kier molecular flexibility index (Phi) is 3.97. The van der Waals surface area contributed by atoms with Crippen LogP contribution in [-0.4, -0.2) is 38.6 Å². The number of nitrogens with zero attached hydrogens (tertiary/aromatic N) is 2. The Balaban J connectivity index is 1.46. The molecule has 0 aliphatic heterocycles. The highest BCUT2D eigenvalue weighted by Gasteiger charge is 2.33. The van der Waals surface area contributed by atoms with Crippen molar-refractivity contribution in [2.45, 2.75) is 24.9 Å². The monoisotopic (exact) mass is 390 g/mol. The van der Waals surface area contributed by atoms with E-state index in [1.165, 1.54) is 6.26 Å². The zero-order valence-corrected chi connectivity index (χ0v) is 15.3. The molecule has 4 aromatic rings. The topological polar surface area (TPSA) is 109 Å². The van der Waals surface area contributed by atoms with E-state index in [1.54, 1.807) is 10.6 Å². The highest BCUT2D eigenvalue weighted by Crippen LogP contribution is 2.29. The number of benzene rings is 2. The lowest BCUT2D eigenvalue weighted by atomic mass is 9.86. The Morgan fingerprint density at radius 2 is 1.83 bits per heavy atom. The standard InChI is InChI=1S/C21H18N4O4/c26-19(22-15-10-16(11-15)23-21(27)28)18-17(24-20-25(18)7-8-29-20)14-6-5-12-3-1-2-4-13(12)9-14/h1-9,15-16,23H,10-11H2,(H,22,26)(H,27,28). The maximum Gasteiger partial charge on any atom is 0.404 e. The smallest absolute Gasteiger partial charge is 0.404 e. The molecule has 8 heteroatoms. The van der Waals surface area contributed by atoms with E-state index in [0.29, 0.717) is 30.1 Å². The van der Waals surface area contributed by atoms with E-state index in [2.05, 4.69) is 15.6 Å². The van der Waals surface area contributed by atoms with Gasteiger partial charge in [-0.1, -0.05) is 36.4 Å². The van der Waals surface area contributed by atoms with Gasteiger partial charge in [0.15, 0.2) is 0 Å². The average Bonchev–Trinajstić information content (AvgIpc) is 3.26. The Labute approximate surface area is 165 Å². The maximum atomic E-state index is 13.1. The lowest BCUT2D eigenvalue weighted by molar-refractivity contribution is 0.0897. The third kappa shape index (κ3) is 3.08. The second-order valence-corrected chi connectivity index (χ2v) is 7.21. The number of carbonyl (C=O) groups excluding carboxylic acids is 1. The SMILES string of the molecule is O=C(O)NC1CC(NC(=O)c2c(-c3ccc4ccccc4c3)nc3occn23)C1. The van der Waals surface area contributed by atoms with Gasteiger partial charge in [0.05, 0.1) is 0 Å². The number of hydrogen-bond acceptors (Lipinski definition) is 4. The first-order chi connectivity index (χ1) is 14.1. The summed E-state index contributed by atoms with van der Waals surface area (Å²) in [6, 6.07) is 13.7. The second-order valence-electron chi connectivity index (χ2n) is 7.21. The summed E-state index contributed by atoms with van der Waals surface area (Å²) < 4.78 is 7.03. The zero-order valence-electron chi connectivity index (χ0n) is 15.3. The minimum atomic E-state index is -1.05. The fourth-order valence-corrected chi connectivity index (χ4v) is 3.82. The van der Waals surface area contributed by atoms with E-state index in [-0.39, 0.29) is 18.0 Å². The van der Waals surface area contributed by atoms with Crippen LogP contribution in [0.4, 0.5) is 4.79 Å². The first-order valence-corrected chi connectivity index (χ1v) is 9.33. The van der Waals surface area contributed by atoms with Crippen LogP contribution in [-0.2, 0) is 0 Å². The fourth-order valence-electron chi connectivity index (χ4n) is 3.82. The summed E-state index contributed by atoms with van der Waals surface area (Å²) >= 11 is 0. The van der Waals surface area contributed by atoms with Gasteiger partial charge in [-0.2, -0.15) is 4.98 Å². The summed E-state index contributed by atoms with van der Waals surface area (Å²) in [6.45, 7) is 0. The summed E-state index contributed by atoms with van der Waals surface area (Å²) in [5.74, 6) is 0.0816. The number of hydrogen-bond donors (Lipinski definition) is 3. The molecule has 0 saturated heterocycles. The van der Waals surface area contributed by atoms with Crippen LogP contribution in [0.5, 0.6) is 0 Å². The van der Waals surface area contributed by atoms with Crippen LogP contribution in [0.1, 0.15) is 23.3 Å². The van der Waals surface area contributed by atoms with Crippen LogP contribution >= 0.6 is 0 Å². The molecular weight excluding hydrogens is 372 g/mol. The van der Waals surface area contributed by atoms with Gasteiger partial charge >= 0.3 is 11.9 Å². The Bertz CT molecular complexity index is 1240. The minimum Gasteiger partial charge on any atom is -0.465 e. The molecule has 1 saturated carbocycles. The molecule has 29 heavy (non-hydrogen) atoms. The van der Waals surface area contributed by atoms with Crippen molar-refractivity contribution in [1.82, 2.24) is 20.0 Å². The van der Waals surface area contributed by atoms with Gasteiger partial charge in [-0.3, -0.25) is 9.20 Å². The molecule has 1 aliphatic carbocycles. The molecule has 1 aliphatic rings. The highest BCUT2D eigenvalue weighted by molar-refractivity contribution is 6.00. The van der Waals surface area contributed by atoms with Gasteiger partial charge in [0, 0.05) is 23.8 Å². The number of imidazole rings is 1. The first kappa shape index (κ1) is 17.3. The zero-order chi connectivity index (χ0) is 20.0. The molecular formula is C21H18N4O4. The molecule has 2 aromatic carbocycles. The van der Waals surface area contributed by atoms with E-state index in [1.807, 2.05) is 42.5 Å². The lowest BCUT2D eigenvalue weighted by Crippen LogP contribution is -2.53. The Morgan fingerprint density at radius 1 is 1.07 bits per heavy atom. The molecule has 0 bridgehead atoms. The molecule has 2 aromatic heterocycles.